The van der Waals surface area contributed by atoms with Crippen LogP contribution in [0.15, 0.2) is 22.7 Å². The molecule has 1 aromatic carbocycles. The van der Waals surface area contributed by atoms with E-state index < -0.39 is 12.1 Å². The van der Waals surface area contributed by atoms with Crippen molar-refractivity contribution in [2.75, 3.05) is 6.61 Å². The molecule has 122 valence electrons. The lowest BCUT2D eigenvalue weighted by Crippen LogP contribution is -2.49. The zero-order valence-corrected chi connectivity index (χ0v) is 14.4. The highest BCUT2D eigenvalue weighted by Crippen LogP contribution is 2.15. The van der Waals surface area contributed by atoms with Crippen molar-refractivity contribution < 1.29 is 18.7 Å². The summed E-state index contributed by atoms with van der Waals surface area (Å²) >= 11 is 3.20. The van der Waals surface area contributed by atoms with Gasteiger partial charge in [-0.3, -0.25) is 4.79 Å². The summed E-state index contributed by atoms with van der Waals surface area (Å²) in [5, 5.41) is 5.21. The molecule has 7 heteroatoms. The third-order valence-corrected chi connectivity index (χ3v) is 3.34. The molecule has 1 rings (SSSR count). The maximum atomic E-state index is 13.3. The monoisotopic (exact) mass is 374 g/mol. The first-order valence-electron chi connectivity index (χ1n) is 6.99. The van der Waals surface area contributed by atoms with Crippen LogP contribution in [-0.2, 0) is 16.1 Å². The van der Waals surface area contributed by atoms with E-state index in [1.54, 1.807) is 13.0 Å². The minimum absolute atomic E-state index is 0.108. The molecule has 2 amide bonds. The van der Waals surface area contributed by atoms with Gasteiger partial charge in [-0.2, -0.15) is 0 Å². The number of amides is 2. The van der Waals surface area contributed by atoms with Crippen molar-refractivity contribution in [2.45, 2.75) is 33.4 Å². The van der Waals surface area contributed by atoms with E-state index in [-0.39, 0.29) is 30.8 Å². The zero-order chi connectivity index (χ0) is 16.7. The van der Waals surface area contributed by atoms with Gasteiger partial charge in [0, 0.05) is 11.0 Å². The number of hydrogen-bond donors (Lipinski definition) is 2. The van der Waals surface area contributed by atoms with Gasteiger partial charge in [-0.05, 0) is 36.6 Å². The molecule has 0 radical (unpaired) electrons. The average molecular weight is 375 g/mol. The van der Waals surface area contributed by atoms with Crippen LogP contribution in [0.1, 0.15) is 26.3 Å². The van der Waals surface area contributed by atoms with Gasteiger partial charge in [0.05, 0.1) is 6.61 Å². The van der Waals surface area contributed by atoms with Gasteiger partial charge in [0.15, 0.2) is 0 Å². The van der Waals surface area contributed by atoms with Crippen molar-refractivity contribution in [3.05, 3.63) is 34.1 Å². The topological polar surface area (TPSA) is 67.4 Å². The summed E-state index contributed by atoms with van der Waals surface area (Å²) < 4.78 is 18.7. The fourth-order valence-electron chi connectivity index (χ4n) is 1.85. The van der Waals surface area contributed by atoms with Gasteiger partial charge in [0.25, 0.3) is 0 Å². The summed E-state index contributed by atoms with van der Waals surface area (Å²) in [5.74, 6) is -0.837. The van der Waals surface area contributed by atoms with Gasteiger partial charge < -0.3 is 15.4 Å². The van der Waals surface area contributed by atoms with Crippen LogP contribution in [0.3, 0.4) is 0 Å². The van der Waals surface area contributed by atoms with Crippen molar-refractivity contribution in [1.29, 1.82) is 0 Å². The molecule has 0 aliphatic carbocycles. The number of ether oxygens (including phenoxy) is 1. The Kier molecular flexibility index (Phi) is 7.31. The van der Waals surface area contributed by atoms with E-state index >= 15 is 0 Å². The van der Waals surface area contributed by atoms with Gasteiger partial charge in [-0.25, -0.2) is 9.18 Å². The largest absolute Gasteiger partial charge is 0.450 e. The number of carbonyl (C=O) groups is 2. The van der Waals surface area contributed by atoms with Crippen LogP contribution < -0.4 is 10.6 Å². The van der Waals surface area contributed by atoms with E-state index in [9.17, 15) is 14.0 Å². The second kappa shape index (κ2) is 8.73. The van der Waals surface area contributed by atoms with Gasteiger partial charge in [0.2, 0.25) is 5.91 Å². The first kappa shape index (κ1) is 18.4. The minimum Gasteiger partial charge on any atom is -0.450 e. The molecule has 0 aliphatic rings. The molecule has 1 aromatic rings. The summed E-state index contributed by atoms with van der Waals surface area (Å²) in [6.45, 7) is 5.72. The molecule has 1 unspecified atom stereocenters. The van der Waals surface area contributed by atoms with E-state index in [1.165, 1.54) is 12.1 Å². The molecular formula is C15H20BrFN2O3. The van der Waals surface area contributed by atoms with Crippen LogP contribution in [0.25, 0.3) is 0 Å². The smallest absolute Gasteiger partial charge is 0.407 e. The van der Waals surface area contributed by atoms with E-state index in [0.29, 0.717) is 10.0 Å². The Labute approximate surface area is 137 Å². The SMILES string of the molecule is CCOC(=O)NC(C(=O)NCc1cc(F)cc(Br)c1)C(C)C. The van der Waals surface area contributed by atoms with Crippen LogP contribution >= 0.6 is 15.9 Å². The molecular weight excluding hydrogens is 355 g/mol. The maximum Gasteiger partial charge on any atom is 0.407 e. The fourth-order valence-corrected chi connectivity index (χ4v) is 2.36. The molecule has 0 aliphatic heterocycles. The Hall–Kier alpha value is -1.63. The Bertz CT molecular complexity index is 517. The molecule has 1 atom stereocenters. The molecule has 0 fully saturated rings. The highest BCUT2D eigenvalue weighted by molar-refractivity contribution is 9.10. The lowest BCUT2D eigenvalue weighted by molar-refractivity contribution is -0.124. The Morgan fingerprint density at radius 1 is 1.32 bits per heavy atom. The van der Waals surface area contributed by atoms with Gasteiger partial charge in [-0.1, -0.05) is 29.8 Å². The lowest BCUT2D eigenvalue weighted by atomic mass is 10.0. The minimum atomic E-state index is -0.712. The predicted molar refractivity (Wildman–Crippen MR) is 84.7 cm³/mol. The highest BCUT2D eigenvalue weighted by atomic mass is 79.9. The normalized spacial score (nSPS) is 11.9. The summed E-state index contributed by atoms with van der Waals surface area (Å²) in [6.07, 6.45) is -0.634. The van der Waals surface area contributed by atoms with Crippen LogP contribution in [0, 0.1) is 11.7 Å². The summed E-state index contributed by atoms with van der Waals surface area (Å²) in [7, 11) is 0. The zero-order valence-electron chi connectivity index (χ0n) is 12.8. The van der Waals surface area contributed by atoms with Crippen molar-refractivity contribution in [1.82, 2.24) is 10.6 Å². The molecule has 0 heterocycles. The van der Waals surface area contributed by atoms with E-state index in [2.05, 4.69) is 26.6 Å². The number of benzene rings is 1. The number of carbonyl (C=O) groups excluding carboxylic acids is 2. The lowest BCUT2D eigenvalue weighted by Gasteiger charge is -2.21. The van der Waals surface area contributed by atoms with Crippen molar-refractivity contribution in [3.8, 4) is 0 Å². The second-order valence-electron chi connectivity index (χ2n) is 5.08. The molecule has 0 bridgehead atoms. The van der Waals surface area contributed by atoms with E-state index in [1.807, 2.05) is 13.8 Å². The standard InChI is InChI=1S/C15H20BrFN2O3/c1-4-22-15(21)19-13(9(2)3)14(20)18-8-10-5-11(16)7-12(17)6-10/h5-7,9,13H,4,8H2,1-3H3,(H,18,20)(H,19,21). The summed E-state index contributed by atoms with van der Waals surface area (Å²) in [5.41, 5.74) is 0.624. The first-order valence-corrected chi connectivity index (χ1v) is 7.78. The van der Waals surface area contributed by atoms with Gasteiger partial charge >= 0.3 is 6.09 Å². The second-order valence-corrected chi connectivity index (χ2v) is 6.00. The van der Waals surface area contributed by atoms with Gasteiger partial charge in [0.1, 0.15) is 11.9 Å². The molecule has 22 heavy (non-hydrogen) atoms. The quantitative estimate of drug-likeness (QED) is 0.804. The Morgan fingerprint density at radius 3 is 2.55 bits per heavy atom. The first-order chi connectivity index (χ1) is 10.3. The summed E-state index contributed by atoms with van der Waals surface area (Å²) in [4.78, 5) is 23.6. The van der Waals surface area contributed by atoms with E-state index in [0.717, 1.165) is 0 Å². The molecule has 0 spiro atoms. The number of rotatable bonds is 6. The fraction of sp³-hybridized carbons (Fsp3) is 0.467. The van der Waals surface area contributed by atoms with Crippen molar-refractivity contribution in [3.63, 3.8) is 0 Å². The highest BCUT2D eigenvalue weighted by Gasteiger charge is 2.24. The number of hydrogen-bond acceptors (Lipinski definition) is 3. The van der Waals surface area contributed by atoms with Crippen LogP contribution in [0.5, 0.6) is 0 Å². The molecule has 0 aromatic heterocycles. The third-order valence-electron chi connectivity index (χ3n) is 2.89. The van der Waals surface area contributed by atoms with Gasteiger partial charge in [-0.15, -0.1) is 0 Å². The Balaban J connectivity index is 2.65. The molecule has 2 N–H and O–H groups in total. The van der Waals surface area contributed by atoms with Crippen LogP contribution in [0.4, 0.5) is 9.18 Å². The average Bonchev–Trinajstić information content (AvgIpc) is 2.41. The molecule has 0 saturated carbocycles. The predicted octanol–water partition coefficient (Wildman–Crippen LogP) is 2.98. The number of alkyl carbamates (subject to hydrolysis) is 1. The van der Waals surface area contributed by atoms with E-state index in [4.69, 9.17) is 4.74 Å². The number of halogens is 2. The maximum absolute atomic E-state index is 13.3. The number of nitrogens with one attached hydrogen (secondary N) is 2. The van der Waals surface area contributed by atoms with Crippen LogP contribution in [-0.4, -0.2) is 24.6 Å². The molecule has 0 saturated heterocycles. The third kappa shape index (κ3) is 6.01. The Morgan fingerprint density at radius 2 is 2.00 bits per heavy atom. The molecule has 5 nitrogen and oxygen atoms in total. The van der Waals surface area contributed by atoms with Crippen molar-refractivity contribution in [2.24, 2.45) is 5.92 Å². The van der Waals surface area contributed by atoms with Crippen LogP contribution in [0.2, 0.25) is 0 Å². The van der Waals surface area contributed by atoms with Crippen molar-refractivity contribution >= 4 is 27.9 Å². The summed E-state index contributed by atoms with van der Waals surface area (Å²) in [6, 6.07) is 3.68.